The van der Waals surface area contributed by atoms with Gasteiger partial charge in [0, 0.05) is 22.4 Å². The lowest BCUT2D eigenvalue weighted by atomic mass is 9.72. The summed E-state index contributed by atoms with van der Waals surface area (Å²) in [6.45, 7) is 7.49. The lowest BCUT2D eigenvalue weighted by molar-refractivity contribution is -0.385. The van der Waals surface area contributed by atoms with Crippen molar-refractivity contribution in [2.75, 3.05) is 18.0 Å². The molecule has 0 saturated heterocycles. The van der Waals surface area contributed by atoms with Crippen LogP contribution in [0.4, 0.5) is 11.4 Å². The Kier molecular flexibility index (Phi) is 9.04. The number of ether oxygens (including phenoxy) is 1. The molecule has 0 atom stereocenters. The molecule has 38 heavy (non-hydrogen) atoms. The Morgan fingerprint density at radius 3 is 2.45 bits per heavy atom. The van der Waals surface area contributed by atoms with Crippen LogP contribution in [-0.2, 0) is 14.8 Å². The lowest BCUT2D eigenvalue weighted by Crippen LogP contribution is -2.40. The highest BCUT2D eigenvalue weighted by Crippen LogP contribution is 2.37. The molecule has 2 aromatic carbocycles. The largest absolute Gasteiger partial charge is 0.495 e. The molecule has 0 aromatic heterocycles. The van der Waals surface area contributed by atoms with Gasteiger partial charge >= 0.3 is 0 Å². The van der Waals surface area contributed by atoms with Gasteiger partial charge in [-0.3, -0.25) is 19.2 Å². The topological polar surface area (TPSA) is 131 Å². The number of halogens is 1. The van der Waals surface area contributed by atoms with E-state index < -0.39 is 27.4 Å². The molecule has 0 radical (unpaired) electrons. The summed E-state index contributed by atoms with van der Waals surface area (Å²) in [7, 11) is -3.10. The second-order valence-corrected chi connectivity index (χ2v) is 12.7. The number of nitrogens with zero attached hydrogens (tertiary/aromatic N) is 3. The minimum atomic E-state index is -4.46. The van der Waals surface area contributed by atoms with Gasteiger partial charge in [0.25, 0.3) is 21.6 Å². The molecular formula is C26H33ClN4O6S. The Morgan fingerprint density at radius 1 is 1.21 bits per heavy atom. The van der Waals surface area contributed by atoms with Gasteiger partial charge in [0.1, 0.15) is 12.3 Å². The van der Waals surface area contributed by atoms with E-state index in [-0.39, 0.29) is 32.5 Å². The van der Waals surface area contributed by atoms with Gasteiger partial charge in [-0.05, 0) is 68.2 Å². The summed E-state index contributed by atoms with van der Waals surface area (Å²) in [5.74, 6) is 0.0357. The van der Waals surface area contributed by atoms with E-state index in [0.29, 0.717) is 11.5 Å². The van der Waals surface area contributed by atoms with Crippen LogP contribution in [-0.4, -0.2) is 38.6 Å². The van der Waals surface area contributed by atoms with Gasteiger partial charge in [0.2, 0.25) is 0 Å². The van der Waals surface area contributed by atoms with Crippen LogP contribution >= 0.6 is 11.6 Å². The van der Waals surface area contributed by atoms with Crippen molar-refractivity contribution < 1.29 is 22.9 Å². The van der Waals surface area contributed by atoms with Gasteiger partial charge in [-0.25, -0.2) is 13.8 Å². The zero-order valence-corrected chi connectivity index (χ0v) is 23.7. The van der Waals surface area contributed by atoms with Crippen LogP contribution in [0.5, 0.6) is 5.75 Å². The summed E-state index contributed by atoms with van der Waals surface area (Å²) in [6.07, 6.45) is 3.42. The van der Waals surface area contributed by atoms with E-state index in [9.17, 15) is 23.3 Å². The number of rotatable bonds is 8. The first kappa shape index (κ1) is 29.4. The Bertz CT molecular complexity index is 1340. The number of methoxy groups -OCH3 is 1. The van der Waals surface area contributed by atoms with Crippen molar-refractivity contribution in [1.82, 2.24) is 5.43 Å². The fraction of sp³-hybridized carbons (Fsp3) is 0.462. The van der Waals surface area contributed by atoms with Crippen LogP contribution < -0.4 is 14.5 Å². The molecule has 2 aromatic rings. The van der Waals surface area contributed by atoms with E-state index in [1.807, 2.05) is 0 Å². The van der Waals surface area contributed by atoms with Crippen LogP contribution in [0.15, 0.2) is 46.4 Å². The van der Waals surface area contributed by atoms with Crippen LogP contribution in [0, 0.1) is 28.4 Å². The Labute approximate surface area is 228 Å². The number of benzene rings is 2. The average Bonchev–Trinajstić information content (AvgIpc) is 2.85. The number of carbonyl (C=O) groups excluding carboxylic acids is 1. The Hall–Kier alpha value is -3.18. The SMILES string of the molecule is COc1ccc(Cl)cc1N(CC(=O)NN=C1CCC(C(C)(C)C)CC1)S(=O)(=O)c1ccc(C)c([N+](=O)[O-])c1. The number of anilines is 1. The molecule has 12 heteroatoms. The van der Waals surface area contributed by atoms with Crippen molar-refractivity contribution in [3.05, 3.63) is 57.1 Å². The highest BCUT2D eigenvalue weighted by atomic mass is 35.5. The summed E-state index contributed by atoms with van der Waals surface area (Å²) in [4.78, 5) is 23.4. The van der Waals surface area contributed by atoms with Crippen LogP contribution in [0.25, 0.3) is 0 Å². The minimum absolute atomic E-state index is 0.0108. The summed E-state index contributed by atoms with van der Waals surface area (Å²) in [6, 6.07) is 7.93. The number of nitro groups is 1. The maximum Gasteiger partial charge on any atom is 0.273 e. The van der Waals surface area contributed by atoms with Crippen molar-refractivity contribution in [2.24, 2.45) is 16.4 Å². The molecule has 10 nitrogen and oxygen atoms in total. The summed E-state index contributed by atoms with van der Waals surface area (Å²) >= 11 is 6.16. The zero-order valence-electron chi connectivity index (χ0n) is 22.2. The van der Waals surface area contributed by atoms with E-state index in [2.05, 4.69) is 31.3 Å². The number of nitrogens with one attached hydrogen (secondary N) is 1. The van der Waals surface area contributed by atoms with E-state index in [4.69, 9.17) is 16.3 Å². The third-order valence-electron chi connectivity index (χ3n) is 6.79. The number of carbonyl (C=O) groups is 1. The summed E-state index contributed by atoms with van der Waals surface area (Å²) < 4.78 is 33.7. The van der Waals surface area contributed by atoms with Gasteiger partial charge in [0.15, 0.2) is 0 Å². The summed E-state index contributed by atoms with van der Waals surface area (Å²) in [5.41, 5.74) is 3.49. The maximum absolute atomic E-state index is 13.8. The van der Waals surface area contributed by atoms with E-state index in [0.717, 1.165) is 41.8 Å². The predicted octanol–water partition coefficient (Wildman–Crippen LogP) is 5.47. The lowest BCUT2D eigenvalue weighted by Gasteiger charge is -2.34. The first-order valence-corrected chi connectivity index (χ1v) is 14.0. The standard InChI is InChI=1S/C26H33ClN4O6S/c1-17-6-12-21(15-22(17)31(33)34)38(35,36)30(23-14-19(27)9-13-24(23)37-5)16-25(32)29-28-20-10-7-18(8-11-20)26(2,3)4/h6,9,12-15,18H,7-8,10-11,16H2,1-5H3,(H,29,32). The van der Waals surface area contributed by atoms with E-state index in [1.54, 1.807) is 0 Å². The van der Waals surface area contributed by atoms with Gasteiger partial charge in [0.05, 0.1) is 22.6 Å². The molecule has 1 amide bonds. The van der Waals surface area contributed by atoms with Crippen molar-refractivity contribution >= 4 is 44.6 Å². The van der Waals surface area contributed by atoms with Gasteiger partial charge < -0.3 is 4.74 Å². The number of amides is 1. The number of hydrogen-bond donors (Lipinski definition) is 1. The normalized spacial score (nSPS) is 16.1. The quantitative estimate of drug-likeness (QED) is 0.334. The highest BCUT2D eigenvalue weighted by Gasteiger charge is 2.32. The van der Waals surface area contributed by atoms with Crippen LogP contribution in [0.1, 0.15) is 52.0 Å². The third-order valence-corrected chi connectivity index (χ3v) is 8.78. The van der Waals surface area contributed by atoms with Crippen LogP contribution in [0.2, 0.25) is 5.02 Å². The van der Waals surface area contributed by atoms with Crippen LogP contribution in [0.3, 0.4) is 0 Å². The molecule has 0 bridgehead atoms. The average molecular weight is 565 g/mol. The molecule has 3 rings (SSSR count). The smallest absolute Gasteiger partial charge is 0.273 e. The van der Waals surface area contributed by atoms with E-state index >= 15 is 0 Å². The molecule has 0 heterocycles. The van der Waals surface area contributed by atoms with E-state index in [1.165, 1.54) is 44.4 Å². The Morgan fingerprint density at radius 2 is 1.87 bits per heavy atom. The van der Waals surface area contributed by atoms with Gasteiger partial charge in [-0.15, -0.1) is 0 Å². The molecular weight excluding hydrogens is 532 g/mol. The monoisotopic (exact) mass is 564 g/mol. The fourth-order valence-corrected chi connectivity index (χ4v) is 6.08. The molecule has 0 aliphatic heterocycles. The molecule has 1 N–H and O–H groups in total. The van der Waals surface area contributed by atoms with Crippen molar-refractivity contribution in [3.63, 3.8) is 0 Å². The molecule has 0 unspecified atom stereocenters. The van der Waals surface area contributed by atoms with Crippen molar-refractivity contribution in [2.45, 2.75) is 58.3 Å². The molecule has 1 aliphatic rings. The number of sulfonamides is 1. The van der Waals surface area contributed by atoms with Crippen molar-refractivity contribution in [1.29, 1.82) is 0 Å². The number of nitro benzene ring substituents is 1. The first-order chi connectivity index (χ1) is 17.7. The second-order valence-electron chi connectivity index (χ2n) is 10.4. The number of aryl methyl sites for hydroxylation is 1. The Balaban J connectivity index is 1.92. The molecule has 0 spiro atoms. The third kappa shape index (κ3) is 6.82. The maximum atomic E-state index is 13.8. The number of hydrogen-bond acceptors (Lipinski definition) is 7. The highest BCUT2D eigenvalue weighted by molar-refractivity contribution is 7.92. The zero-order chi connectivity index (χ0) is 28.3. The van der Waals surface area contributed by atoms with Gasteiger partial charge in [-0.1, -0.05) is 38.4 Å². The van der Waals surface area contributed by atoms with Crippen molar-refractivity contribution in [3.8, 4) is 5.75 Å². The second kappa shape index (κ2) is 11.7. The minimum Gasteiger partial charge on any atom is -0.495 e. The molecule has 206 valence electrons. The van der Waals surface area contributed by atoms with Gasteiger partial charge in [-0.2, -0.15) is 5.10 Å². The molecule has 1 fully saturated rings. The predicted molar refractivity (Wildman–Crippen MR) is 147 cm³/mol. The molecule has 1 saturated carbocycles. The first-order valence-electron chi connectivity index (χ1n) is 12.2. The number of hydrazone groups is 1. The summed E-state index contributed by atoms with van der Waals surface area (Å²) in [5, 5.41) is 15.9. The fourth-order valence-electron chi connectivity index (χ4n) is 4.47. The molecule has 1 aliphatic carbocycles.